The minimum atomic E-state index is -3.71. The van der Waals surface area contributed by atoms with Crippen molar-refractivity contribution in [3.63, 3.8) is 0 Å². The fraction of sp³-hybridized carbons (Fsp3) is 0.167. The third-order valence-electron chi connectivity index (χ3n) is 3.98. The van der Waals surface area contributed by atoms with E-state index in [0.29, 0.717) is 29.7 Å². The molecular weight excluding hydrogens is 360 g/mol. The first-order chi connectivity index (χ1) is 12.3. The first-order valence-corrected chi connectivity index (χ1v) is 9.41. The fourth-order valence-electron chi connectivity index (χ4n) is 2.70. The summed E-state index contributed by atoms with van der Waals surface area (Å²) in [5, 5.41) is 8.76. The van der Waals surface area contributed by atoms with Crippen LogP contribution in [0, 0.1) is 18.6 Å². The summed E-state index contributed by atoms with van der Waals surface area (Å²) in [7, 11) is -3.71. The second-order valence-electron chi connectivity index (χ2n) is 5.93. The molecule has 26 heavy (non-hydrogen) atoms. The molecular formula is C18H17F2N3O2S. The highest BCUT2D eigenvalue weighted by Gasteiger charge is 2.12. The molecule has 0 spiro atoms. The van der Waals surface area contributed by atoms with E-state index in [1.807, 2.05) is 0 Å². The molecule has 3 N–H and O–H groups in total. The second-order valence-corrected chi connectivity index (χ2v) is 7.50. The first kappa shape index (κ1) is 18.2. The first-order valence-electron chi connectivity index (χ1n) is 7.86. The molecule has 1 heterocycles. The molecule has 1 aromatic heterocycles. The van der Waals surface area contributed by atoms with Crippen LogP contribution >= 0.6 is 0 Å². The van der Waals surface area contributed by atoms with E-state index in [9.17, 15) is 17.2 Å². The largest absolute Gasteiger partial charge is 0.384 e. The highest BCUT2D eigenvalue weighted by Crippen LogP contribution is 2.26. The van der Waals surface area contributed by atoms with Crippen LogP contribution in [0.4, 0.5) is 14.5 Å². The van der Waals surface area contributed by atoms with Gasteiger partial charge < -0.3 is 5.32 Å². The maximum Gasteiger partial charge on any atom is 0.238 e. The molecule has 3 aromatic rings. The molecule has 0 atom stereocenters. The van der Waals surface area contributed by atoms with Crippen LogP contribution < -0.4 is 10.5 Å². The van der Waals surface area contributed by atoms with Crippen molar-refractivity contribution in [3.8, 4) is 0 Å². The number of nitrogens with two attached hydrogens (primary N) is 1. The van der Waals surface area contributed by atoms with Gasteiger partial charge in [-0.2, -0.15) is 0 Å². The van der Waals surface area contributed by atoms with Crippen LogP contribution in [0.2, 0.25) is 0 Å². The molecule has 0 bridgehead atoms. The van der Waals surface area contributed by atoms with Gasteiger partial charge in [-0.3, -0.25) is 0 Å². The van der Waals surface area contributed by atoms with Gasteiger partial charge in [0.1, 0.15) is 5.52 Å². The van der Waals surface area contributed by atoms with E-state index >= 15 is 0 Å². The van der Waals surface area contributed by atoms with Gasteiger partial charge in [0.05, 0.1) is 4.90 Å². The van der Waals surface area contributed by atoms with Gasteiger partial charge in [-0.15, -0.1) is 0 Å². The molecule has 136 valence electrons. The normalized spacial score (nSPS) is 11.7. The molecule has 0 fully saturated rings. The van der Waals surface area contributed by atoms with Crippen molar-refractivity contribution in [2.45, 2.75) is 18.2 Å². The van der Waals surface area contributed by atoms with Crippen LogP contribution in [0.15, 0.2) is 47.4 Å². The van der Waals surface area contributed by atoms with E-state index in [0.717, 1.165) is 11.6 Å². The highest BCUT2D eigenvalue weighted by molar-refractivity contribution is 7.89. The van der Waals surface area contributed by atoms with Crippen molar-refractivity contribution in [2.75, 3.05) is 11.9 Å². The van der Waals surface area contributed by atoms with Gasteiger partial charge in [-0.05, 0) is 49.2 Å². The maximum atomic E-state index is 14.0. The van der Waals surface area contributed by atoms with Crippen molar-refractivity contribution in [1.29, 1.82) is 0 Å². The van der Waals surface area contributed by atoms with Gasteiger partial charge >= 0.3 is 0 Å². The van der Waals surface area contributed by atoms with Crippen LogP contribution in [0.1, 0.15) is 11.3 Å². The summed E-state index contributed by atoms with van der Waals surface area (Å²) in [5.74, 6) is -1.90. The third-order valence-corrected chi connectivity index (χ3v) is 4.91. The smallest absolute Gasteiger partial charge is 0.238 e. The van der Waals surface area contributed by atoms with E-state index in [2.05, 4.69) is 10.3 Å². The van der Waals surface area contributed by atoms with Crippen LogP contribution in [0.25, 0.3) is 10.9 Å². The summed E-state index contributed by atoms with van der Waals surface area (Å²) in [6.45, 7) is 2.23. The Labute approximate surface area is 149 Å². The molecule has 0 amide bonds. The average molecular weight is 377 g/mol. The standard InChI is InChI=1S/C18H17F2N3O2S/c1-11-10-16(14-6-7-15(19)17(20)18(14)23-11)22-9-8-12-2-4-13(5-3-12)26(21,24)25/h2-7,10H,8-9H2,1H3,(H,22,23)(H2,21,24,25). The quantitative estimate of drug-likeness (QED) is 0.715. The zero-order chi connectivity index (χ0) is 18.9. The van der Waals surface area contributed by atoms with Crippen molar-refractivity contribution >= 4 is 26.6 Å². The zero-order valence-electron chi connectivity index (χ0n) is 14.0. The molecule has 0 radical (unpaired) electrons. The van der Waals surface area contributed by atoms with E-state index in [1.165, 1.54) is 18.2 Å². The van der Waals surface area contributed by atoms with Gasteiger partial charge in [0.15, 0.2) is 11.6 Å². The number of primary sulfonamides is 1. The van der Waals surface area contributed by atoms with Gasteiger partial charge in [0.2, 0.25) is 10.0 Å². The molecule has 0 aliphatic carbocycles. The lowest BCUT2D eigenvalue weighted by Gasteiger charge is -2.12. The van der Waals surface area contributed by atoms with Gasteiger partial charge in [0.25, 0.3) is 0 Å². The monoisotopic (exact) mass is 377 g/mol. The summed E-state index contributed by atoms with van der Waals surface area (Å²) < 4.78 is 49.9. The number of fused-ring (bicyclic) bond motifs is 1. The number of benzene rings is 2. The number of hydrogen-bond acceptors (Lipinski definition) is 4. The van der Waals surface area contributed by atoms with Crippen LogP contribution in [-0.2, 0) is 16.4 Å². The van der Waals surface area contributed by atoms with E-state index < -0.39 is 21.7 Å². The number of rotatable bonds is 5. The predicted molar refractivity (Wildman–Crippen MR) is 96.4 cm³/mol. The van der Waals surface area contributed by atoms with Gasteiger partial charge in [-0.1, -0.05) is 12.1 Å². The summed E-state index contributed by atoms with van der Waals surface area (Å²) in [6, 6.07) is 10.6. The Kier molecular flexibility index (Phi) is 4.88. The second kappa shape index (κ2) is 6.97. The van der Waals surface area contributed by atoms with Crippen molar-refractivity contribution in [2.24, 2.45) is 5.14 Å². The highest BCUT2D eigenvalue weighted by atomic mass is 32.2. The number of nitrogens with zero attached hydrogens (tertiary/aromatic N) is 1. The topological polar surface area (TPSA) is 85.1 Å². The Hall–Kier alpha value is -2.58. The van der Waals surface area contributed by atoms with E-state index in [4.69, 9.17) is 5.14 Å². The number of pyridine rings is 1. The number of nitrogens with one attached hydrogen (secondary N) is 1. The minimum absolute atomic E-state index is 0.00925. The Morgan fingerprint density at radius 3 is 2.46 bits per heavy atom. The molecule has 0 saturated heterocycles. The van der Waals surface area contributed by atoms with E-state index in [1.54, 1.807) is 25.1 Å². The van der Waals surface area contributed by atoms with Gasteiger partial charge in [-0.25, -0.2) is 27.3 Å². The maximum absolute atomic E-state index is 14.0. The molecule has 0 aliphatic rings. The molecule has 3 rings (SSSR count). The van der Waals surface area contributed by atoms with Gasteiger partial charge in [0, 0.05) is 23.3 Å². The predicted octanol–water partition coefficient (Wildman–Crippen LogP) is 3.12. The zero-order valence-corrected chi connectivity index (χ0v) is 14.8. The number of anilines is 1. The summed E-state index contributed by atoms with van der Waals surface area (Å²) in [5.41, 5.74) is 2.14. The van der Waals surface area contributed by atoms with E-state index in [-0.39, 0.29) is 10.4 Å². The SMILES string of the molecule is Cc1cc(NCCc2ccc(S(N)(=O)=O)cc2)c2ccc(F)c(F)c2n1. The number of hydrogen-bond donors (Lipinski definition) is 2. The summed E-state index contributed by atoms with van der Waals surface area (Å²) in [4.78, 5) is 4.13. The lowest BCUT2D eigenvalue weighted by atomic mass is 10.1. The van der Waals surface area contributed by atoms with Crippen molar-refractivity contribution in [3.05, 3.63) is 65.4 Å². The fourth-order valence-corrected chi connectivity index (χ4v) is 3.21. The van der Waals surface area contributed by atoms with Crippen LogP contribution in [-0.4, -0.2) is 19.9 Å². The summed E-state index contributed by atoms with van der Waals surface area (Å²) >= 11 is 0. The Morgan fingerprint density at radius 1 is 1.12 bits per heavy atom. The Balaban J connectivity index is 1.77. The Morgan fingerprint density at radius 2 is 1.81 bits per heavy atom. The number of halogens is 2. The lowest BCUT2D eigenvalue weighted by molar-refractivity contribution is 0.515. The molecule has 5 nitrogen and oxygen atoms in total. The summed E-state index contributed by atoms with van der Waals surface area (Å²) in [6.07, 6.45) is 0.609. The number of sulfonamides is 1. The molecule has 0 aliphatic heterocycles. The number of aryl methyl sites for hydroxylation is 1. The van der Waals surface area contributed by atoms with Crippen molar-refractivity contribution < 1.29 is 17.2 Å². The number of aromatic nitrogens is 1. The van der Waals surface area contributed by atoms with Crippen molar-refractivity contribution in [1.82, 2.24) is 4.98 Å². The van der Waals surface area contributed by atoms with Crippen LogP contribution in [0.3, 0.4) is 0 Å². The van der Waals surface area contributed by atoms with Crippen LogP contribution in [0.5, 0.6) is 0 Å². The lowest BCUT2D eigenvalue weighted by Crippen LogP contribution is -2.12. The minimum Gasteiger partial charge on any atom is -0.384 e. The molecule has 8 heteroatoms. The molecule has 0 saturated carbocycles. The molecule has 2 aromatic carbocycles. The third kappa shape index (κ3) is 3.81. The molecule has 0 unspecified atom stereocenters. The average Bonchev–Trinajstić information content (AvgIpc) is 2.58. The Bertz CT molecular complexity index is 1070.